The van der Waals surface area contributed by atoms with E-state index in [9.17, 15) is 14.7 Å². The van der Waals surface area contributed by atoms with Crippen molar-refractivity contribution < 1.29 is 14.7 Å². The number of aliphatic carboxylic acids is 1. The molecule has 0 saturated carbocycles. The minimum atomic E-state index is -0.847. The van der Waals surface area contributed by atoms with E-state index < -0.39 is 11.4 Å². The monoisotopic (exact) mass is 291 g/mol. The van der Waals surface area contributed by atoms with Crippen molar-refractivity contribution in [3.63, 3.8) is 0 Å². The molecule has 21 heavy (non-hydrogen) atoms. The smallest absolute Gasteiger partial charge is 0.311 e. The summed E-state index contributed by atoms with van der Waals surface area (Å²) in [5.41, 5.74) is 1.97. The van der Waals surface area contributed by atoms with Gasteiger partial charge in [-0.3, -0.25) is 14.3 Å². The van der Waals surface area contributed by atoms with Crippen LogP contribution in [0.25, 0.3) is 6.08 Å². The predicted octanol–water partition coefficient (Wildman–Crippen LogP) is 1.37. The molecule has 0 aromatic carbocycles. The van der Waals surface area contributed by atoms with Gasteiger partial charge in [-0.1, -0.05) is 0 Å². The second-order valence-corrected chi connectivity index (χ2v) is 5.92. The van der Waals surface area contributed by atoms with Crippen LogP contribution in [-0.2, 0) is 16.6 Å². The molecular weight excluding hydrogens is 270 g/mol. The maximum Gasteiger partial charge on any atom is 0.311 e. The van der Waals surface area contributed by atoms with E-state index >= 15 is 0 Å². The van der Waals surface area contributed by atoms with E-state index in [0.717, 1.165) is 17.0 Å². The van der Waals surface area contributed by atoms with Gasteiger partial charge in [-0.15, -0.1) is 0 Å². The van der Waals surface area contributed by atoms with Crippen LogP contribution in [0.15, 0.2) is 6.08 Å². The van der Waals surface area contributed by atoms with E-state index in [1.807, 2.05) is 20.9 Å². The Balaban J connectivity index is 2.09. The summed E-state index contributed by atoms with van der Waals surface area (Å²) in [7, 11) is 1.86. The molecule has 1 N–H and O–H groups in total. The van der Waals surface area contributed by atoms with Gasteiger partial charge in [0.2, 0.25) is 5.91 Å². The summed E-state index contributed by atoms with van der Waals surface area (Å²) in [4.78, 5) is 25.0. The maximum atomic E-state index is 12.2. The van der Waals surface area contributed by atoms with Crippen LogP contribution in [-0.4, -0.2) is 44.8 Å². The summed E-state index contributed by atoms with van der Waals surface area (Å²) < 4.78 is 1.77. The molecule has 6 nitrogen and oxygen atoms in total. The molecule has 1 aromatic rings. The fraction of sp³-hybridized carbons (Fsp3) is 0.533. The zero-order chi connectivity index (χ0) is 15.8. The number of carbonyl (C=O) groups is 2. The van der Waals surface area contributed by atoms with Gasteiger partial charge in [0, 0.05) is 37.5 Å². The minimum Gasteiger partial charge on any atom is -0.481 e. The highest BCUT2D eigenvalue weighted by Gasteiger charge is 2.41. The van der Waals surface area contributed by atoms with Gasteiger partial charge in [0.15, 0.2) is 0 Å². The number of hydrogen-bond donors (Lipinski definition) is 1. The van der Waals surface area contributed by atoms with Crippen molar-refractivity contribution in [2.24, 2.45) is 12.5 Å². The van der Waals surface area contributed by atoms with Gasteiger partial charge in [0.1, 0.15) is 0 Å². The quantitative estimate of drug-likeness (QED) is 0.854. The Morgan fingerprint density at radius 1 is 1.38 bits per heavy atom. The Labute approximate surface area is 124 Å². The summed E-state index contributed by atoms with van der Waals surface area (Å²) in [6.45, 7) is 6.27. The summed E-state index contributed by atoms with van der Waals surface area (Å²) in [5.74, 6) is -0.997. The Hall–Kier alpha value is -2.11. The van der Waals surface area contributed by atoms with Gasteiger partial charge in [0.05, 0.1) is 11.1 Å². The van der Waals surface area contributed by atoms with Gasteiger partial charge in [0.25, 0.3) is 0 Å². The number of aryl methyl sites for hydroxylation is 2. The van der Waals surface area contributed by atoms with Crippen molar-refractivity contribution in [2.75, 3.05) is 13.1 Å². The first-order valence-corrected chi connectivity index (χ1v) is 6.95. The lowest BCUT2D eigenvalue weighted by Gasteiger charge is -2.18. The first-order chi connectivity index (χ1) is 9.74. The molecule has 2 heterocycles. The van der Waals surface area contributed by atoms with Gasteiger partial charge in [-0.25, -0.2) is 0 Å². The van der Waals surface area contributed by atoms with E-state index in [1.54, 1.807) is 22.6 Å². The Morgan fingerprint density at radius 2 is 2.05 bits per heavy atom. The fourth-order valence-electron chi connectivity index (χ4n) is 2.61. The lowest BCUT2D eigenvalue weighted by molar-refractivity contribution is -0.147. The number of amides is 1. The highest BCUT2D eigenvalue weighted by Crippen LogP contribution is 2.30. The number of carboxylic acids is 1. The first kappa shape index (κ1) is 15.3. The van der Waals surface area contributed by atoms with Crippen molar-refractivity contribution in [1.82, 2.24) is 14.7 Å². The average molecular weight is 291 g/mol. The van der Waals surface area contributed by atoms with Crippen LogP contribution in [0.1, 0.15) is 30.3 Å². The standard InChI is InChI=1S/C15H21N3O3/c1-10-12(11(2)17(4)16-10)5-6-13(19)18-8-7-15(3,9-18)14(20)21/h5-6H,7-9H2,1-4H3,(H,20,21). The molecule has 0 radical (unpaired) electrons. The minimum absolute atomic E-state index is 0.150. The number of likely N-dealkylation sites (tertiary alicyclic amines) is 1. The molecule has 0 bridgehead atoms. The lowest BCUT2D eigenvalue weighted by atomic mass is 9.90. The van der Waals surface area contributed by atoms with Crippen LogP contribution < -0.4 is 0 Å². The molecule has 1 amide bonds. The molecule has 0 spiro atoms. The van der Waals surface area contributed by atoms with Gasteiger partial charge in [-0.2, -0.15) is 5.10 Å². The Kier molecular flexibility index (Phi) is 3.89. The van der Waals surface area contributed by atoms with Crippen LogP contribution >= 0.6 is 0 Å². The molecule has 6 heteroatoms. The third kappa shape index (κ3) is 2.84. The lowest BCUT2D eigenvalue weighted by Crippen LogP contribution is -2.34. The Bertz CT molecular complexity index is 618. The van der Waals surface area contributed by atoms with E-state index in [2.05, 4.69) is 5.10 Å². The van der Waals surface area contributed by atoms with Crippen molar-refractivity contribution in [2.45, 2.75) is 27.2 Å². The molecular formula is C15H21N3O3. The van der Waals surface area contributed by atoms with Crippen LogP contribution in [0, 0.1) is 19.3 Å². The van der Waals surface area contributed by atoms with E-state index in [0.29, 0.717) is 13.0 Å². The zero-order valence-corrected chi connectivity index (χ0v) is 12.9. The van der Waals surface area contributed by atoms with Gasteiger partial charge < -0.3 is 10.0 Å². The van der Waals surface area contributed by atoms with Crippen LogP contribution in [0.5, 0.6) is 0 Å². The van der Waals surface area contributed by atoms with Crippen LogP contribution in [0.3, 0.4) is 0 Å². The predicted molar refractivity (Wildman–Crippen MR) is 78.7 cm³/mol. The summed E-state index contributed by atoms with van der Waals surface area (Å²) in [6, 6.07) is 0. The third-order valence-corrected chi connectivity index (χ3v) is 4.26. The second kappa shape index (κ2) is 5.35. The number of rotatable bonds is 3. The number of carboxylic acid groups (broad SMARTS) is 1. The third-order valence-electron chi connectivity index (χ3n) is 4.26. The number of hydrogen-bond acceptors (Lipinski definition) is 3. The fourth-order valence-corrected chi connectivity index (χ4v) is 2.61. The molecule has 0 aliphatic carbocycles. The molecule has 1 aliphatic rings. The zero-order valence-electron chi connectivity index (χ0n) is 12.9. The highest BCUT2D eigenvalue weighted by molar-refractivity contribution is 5.93. The van der Waals surface area contributed by atoms with Crippen LogP contribution in [0.4, 0.5) is 0 Å². The molecule has 1 aromatic heterocycles. The Morgan fingerprint density at radius 3 is 2.52 bits per heavy atom. The average Bonchev–Trinajstić information content (AvgIpc) is 2.91. The summed E-state index contributed by atoms with van der Waals surface area (Å²) in [5, 5.41) is 13.5. The molecule has 1 unspecified atom stereocenters. The van der Waals surface area contributed by atoms with Crippen molar-refractivity contribution in [3.8, 4) is 0 Å². The summed E-state index contributed by atoms with van der Waals surface area (Å²) in [6.07, 6.45) is 3.76. The molecule has 114 valence electrons. The molecule has 1 aliphatic heterocycles. The van der Waals surface area contributed by atoms with E-state index in [1.165, 1.54) is 6.08 Å². The summed E-state index contributed by atoms with van der Waals surface area (Å²) >= 11 is 0. The van der Waals surface area contributed by atoms with Crippen molar-refractivity contribution in [3.05, 3.63) is 23.0 Å². The SMILES string of the molecule is Cc1nn(C)c(C)c1C=CC(=O)N1CCC(C)(C(=O)O)C1. The topological polar surface area (TPSA) is 75.4 Å². The largest absolute Gasteiger partial charge is 0.481 e. The number of nitrogens with zero attached hydrogens (tertiary/aromatic N) is 3. The van der Waals surface area contributed by atoms with Gasteiger partial charge >= 0.3 is 5.97 Å². The van der Waals surface area contributed by atoms with Crippen LogP contribution in [0.2, 0.25) is 0 Å². The number of aromatic nitrogens is 2. The van der Waals surface area contributed by atoms with Crippen molar-refractivity contribution in [1.29, 1.82) is 0 Å². The first-order valence-electron chi connectivity index (χ1n) is 6.95. The molecule has 1 fully saturated rings. The normalized spacial score (nSPS) is 22.2. The van der Waals surface area contributed by atoms with Gasteiger partial charge in [-0.05, 0) is 33.3 Å². The molecule has 1 atom stereocenters. The highest BCUT2D eigenvalue weighted by atomic mass is 16.4. The van der Waals surface area contributed by atoms with E-state index in [-0.39, 0.29) is 12.5 Å². The van der Waals surface area contributed by atoms with Crippen molar-refractivity contribution >= 4 is 18.0 Å². The molecule has 2 rings (SSSR count). The maximum absolute atomic E-state index is 12.2. The number of carbonyl (C=O) groups excluding carboxylic acids is 1. The molecule has 1 saturated heterocycles. The second-order valence-electron chi connectivity index (χ2n) is 5.92. The van der Waals surface area contributed by atoms with E-state index in [4.69, 9.17) is 0 Å².